The van der Waals surface area contributed by atoms with Crippen LogP contribution in [0.4, 0.5) is 15.9 Å². The van der Waals surface area contributed by atoms with E-state index in [1.807, 2.05) is 31.2 Å². The summed E-state index contributed by atoms with van der Waals surface area (Å²) >= 11 is 0. The summed E-state index contributed by atoms with van der Waals surface area (Å²) in [6.45, 7) is 1.97. The highest BCUT2D eigenvalue weighted by molar-refractivity contribution is 5.74. The lowest BCUT2D eigenvalue weighted by atomic mass is 10.1. The summed E-state index contributed by atoms with van der Waals surface area (Å²) in [4.78, 5) is 8.10. The molecule has 3 aromatic rings. The molecule has 0 atom stereocenters. The molecular weight excluding hydrogens is 307 g/mol. The Labute approximate surface area is 138 Å². The van der Waals surface area contributed by atoms with Gasteiger partial charge in [-0.05, 0) is 25.1 Å². The smallest absolute Gasteiger partial charge is 0.185 e. The third kappa shape index (κ3) is 3.01. The molecule has 118 valence electrons. The Balaban J connectivity index is 1.95. The van der Waals surface area contributed by atoms with E-state index in [1.165, 1.54) is 24.5 Å². The number of benzene rings is 2. The van der Waals surface area contributed by atoms with Crippen LogP contribution in [0.15, 0.2) is 48.8 Å². The van der Waals surface area contributed by atoms with Gasteiger partial charge < -0.3 is 10.4 Å². The molecule has 0 saturated heterocycles. The maximum absolute atomic E-state index is 13.7. The van der Waals surface area contributed by atoms with Crippen LogP contribution in [-0.2, 0) is 0 Å². The number of aromatic hydroxyl groups is 1. The molecule has 0 spiro atoms. The third-order valence-electron chi connectivity index (χ3n) is 3.50. The molecule has 0 saturated carbocycles. The van der Waals surface area contributed by atoms with Gasteiger partial charge in [0.05, 0.1) is 5.56 Å². The van der Waals surface area contributed by atoms with E-state index in [0.717, 1.165) is 11.1 Å². The first-order valence-electron chi connectivity index (χ1n) is 7.16. The van der Waals surface area contributed by atoms with Gasteiger partial charge in [-0.1, -0.05) is 29.8 Å². The summed E-state index contributed by atoms with van der Waals surface area (Å²) in [6, 6.07) is 13.4. The summed E-state index contributed by atoms with van der Waals surface area (Å²) in [5.41, 5.74) is 2.54. The minimum atomic E-state index is -0.644. The van der Waals surface area contributed by atoms with Gasteiger partial charge in [0.1, 0.15) is 23.9 Å². The van der Waals surface area contributed by atoms with Crippen LogP contribution in [0.3, 0.4) is 0 Å². The number of nitriles is 1. The number of aromatic nitrogens is 2. The second kappa shape index (κ2) is 6.34. The molecule has 6 heteroatoms. The zero-order valence-electron chi connectivity index (χ0n) is 12.8. The zero-order chi connectivity index (χ0) is 17.1. The number of nitrogens with one attached hydrogen (secondary N) is 1. The van der Waals surface area contributed by atoms with Gasteiger partial charge in [-0.2, -0.15) is 5.26 Å². The normalized spacial score (nSPS) is 10.2. The standard InChI is InChI=1S/C18H13FN4O/c1-11-2-4-12(5-3-11)16-17(24)18(22-10-21-16)23-14-7-6-13(9-20)15(19)8-14/h2-8,10,24H,1H3,(H,21,22,23). The van der Waals surface area contributed by atoms with Crippen molar-refractivity contribution >= 4 is 11.5 Å². The maximum Gasteiger partial charge on any atom is 0.185 e. The van der Waals surface area contributed by atoms with Crippen LogP contribution >= 0.6 is 0 Å². The zero-order valence-corrected chi connectivity index (χ0v) is 12.8. The van der Waals surface area contributed by atoms with Gasteiger partial charge in [0.15, 0.2) is 11.6 Å². The number of hydrogen-bond acceptors (Lipinski definition) is 5. The molecule has 0 aliphatic rings. The van der Waals surface area contributed by atoms with Gasteiger partial charge in [-0.25, -0.2) is 14.4 Å². The van der Waals surface area contributed by atoms with E-state index in [0.29, 0.717) is 11.4 Å². The predicted molar refractivity (Wildman–Crippen MR) is 88.3 cm³/mol. The largest absolute Gasteiger partial charge is 0.503 e. The van der Waals surface area contributed by atoms with Crippen LogP contribution < -0.4 is 5.32 Å². The molecule has 0 bridgehead atoms. The Morgan fingerprint density at radius 2 is 1.88 bits per heavy atom. The summed E-state index contributed by atoms with van der Waals surface area (Å²) < 4.78 is 13.7. The average molecular weight is 320 g/mol. The SMILES string of the molecule is Cc1ccc(-c2ncnc(Nc3ccc(C#N)c(F)c3)c2O)cc1. The number of halogens is 1. The number of nitrogens with zero attached hydrogens (tertiary/aromatic N) is 3. The lowest BCUT2D eigenvalue weighted by Crippen LogP contribution is -1.98. The van der Waals surface area contributed by atoms with E-state index in [-0.39, 0.29) is 17.1 Å². The first-order chi connectivity index (χ1) is 11.6. The molecule has 0 amide bonds. The van der Waals surface area contributed by atoms with Crippen LogP contribution in [0.5, 0.6) is 5.75 Å². The fourth-order valence-corrected chi connectivity index (χ4v) is 2.21. The van der Waals surface area contributed by atoms with Crippen molar-refractivity contribution in [2.24, 2.45) is 0 Å². The minimum Gasteiger partial charge on any atom is -0.503 e. The molecule has 1 aromatic heterocycles. The molecule has 0 unspecified atom stereocenters. The first kappa shape index (κ1) is 15.4. The summed E-state index contributed by atoms with van der Waals surface area (Å²) in [5, 5.41) is 22.0. The molecule has 0 aliphatic heterocycles. The summed E-state index contributed by atoms with van der Waals surface area (Å²) in [6.07, 6.45) is 1.32. The fraction of sp³-hybridized carbons (Fsp3) is 0.0556. The van der Waals surface area contributed by atoms with Crippen molar-refractivity contribution in [1.29, 1.82) is 5.26 Å². The monoisotopic (exact) mass is 320 g/mol. The predicted octanol–water partition coefficient (Wildman–Crippen LogP) is 3.91. The molecule has 5 nitrogen and oxygen atoms in total. The molecular formula is C18H13FN4O. The van der Waals surface area contributed by atoms with Crippen LogP contribution in [0.2, 0.25) is 0 Å². The Hall–Kier alpha value is -3.46. The van der Waals surface area contributed by atoms with Gasteiger partial charge in [0.2, 0.25) is 0 Å². The highest BCUT2D eigenvalue weighted by Crippen LogP contribution is 2.33. The summed E-state index contributed by atoms with van der Waals surface area (Å²) in [5.74, 6) is -0.620. The quantitative estimate of drug-likeness (QED) is 0.764. The van der Waals surface area contributed by atoms with Crippen molar-refractivity contribution in [3.63, 3.8) is 0 Å². The minimum absolute atomic E-state index is 0.0483. The lowest BCUT2D eigenvalue weighted by Gasteiger charge is -2.10. The van der Waals surface area contributed by atoms with E-state index in [4.69, 9.17) is 5.26 Å². The molecule has 3 rings (SSSR count). The van der Waals surface area contributed by atoms with E-state index in [9.17, 15) is 9.50 Å². The van der Waals surface area contributed by atoms with E-state index in [1.54, 1.807) is 6.07 Å². The highest BCUT2D eigenvalue weighted by atomic mass is 19.1. The number of anilines is 2. The van der Waals surface area contributed by atoms with Gasteiger partial charge in [-0.15, -0.1) is 0 Å². The van der Waals surface area contributed by atoms with E-state index in [2.05, 4.69) is 15.3 Å². The van der Waals surface area contributed by atoms with E-state index < -0.39 is 5.82 Å². The molecule has 2 N–H and O–H groups in total. The third-order valence-corrected chi connectivity index (χ3v) is 3.50. The molecule has 0 fully saturated rings. The van der Waals surface area contributed by atoms with Crippen molar-refractivity contribution in [2.45, 2.75) is 6.92 Å². The second-order valence-electron chi connectivity index (χ2n) is 5.22. The average Bonchev–Trinajstić information content (AvgIpc) is 2.58. The highest BCUT2D eigenvalue weighted by Gasteiger charge is 2.13. The Morgan fingerprint density at radius 3 is 2.54 bits per heavy atom. The molecule has 24 heavy (non-hydrogen) atoms. The van der Waals surface area contributed by atoms with Crippen LogP contribution in [0, 0.1) is 24.1 Å². The van der Waals surface area contributed by atoms with Crippen LogP contribution in [-0.4, -0.2) is 15.1 Å². The number of aryl methyl sites for hydroxylation is 1. The second-order valence-corrected chi connectivity index (χ2v) is 5.22. The maximum atomic E-state index is 13.7. The van der Waals surface area contributed by atoms with Crippen LogP contribution in [0.25, 0.3) is 11.3 Å². The van der Waals surface area contributed by atoms with Crippen molar-refractivity contribution < 1.29 is 9.50 Å². The van der Waals surface area contributed by atoms with Gasteiger partial charge in [0, 0.05) is 11.3 Å². The Bertz CT molecular complexity index is 933. The lowest BCUT2D eigenvalue weighted by molar-refractivity contribution is 0.475. The Morgan fingerprint density at radius 1 is 1.12 bits per heavy atom. The van der Waals surface area contributed by atoms with Gasteiger partial charge >= 0.3 is 0 Å². The number of rotatable bonds is 3. The van der Waals surface area contributed by atoms with Crippen LogP contribution in [0.1, 0.15) is 11.1 Å². The number of hydrogen-bond donors (Lipinski definition) is 2. The van der Waals surface area contributed by atoms with Crippen molar-refractivity contribution in [2.75, 3.05) is 5.32 Å². The van der Waals surface area contributed by atoms with Crippen molar-refractivity contribution in [3.8, 4) is 23.1 Å². The Kier molecular flexibility index (Phi) is 4.08. The fourth-order valence-electron chi connectivity index (χ4n) is 2.21. The van der Waals surface area contributed by atoms with Gasteiger partial charge in [0.25, 0.3) is 0 Å². The molecule has 2 aromatic carbocycles. The molecule has 0 aliphatic carbocycles. The topological polar surface area (TPSA) is 81.8 Å². The van der Waals surface area contributed by atoms with Crippen molar-refractivity contribution in [3.05, 3.63) is 65.7 Å². The van der Waals surface area contributed by atoms with E-state index >= 15 is 0 Å². The molecule has 0 radical (unpaired) electrons. The van der Waals surface area contributed by atoms with Crippen molar-refractivity contribution in [1.82, 2.24) is 9.97 Å². The first-order valence-corrected chi connectivity index (χ1v) is 7.16. The summed E-state index contributed by atoms with van der Waals surface area (Å²) in [7, 11) is 0. The molecule has 1 heterocycles. The van der Waals surface area contributed by atoms with Gasteiger partial charge in [-0.3, -0.25) is 0 Å².